The first-order valence-electron chi connectivity index (χ1n) is 7.33. The fraction of sp³-hybridized carbons (Fsp3) is 0.929. The number of rotatable bonds is 7. The molecule has 0 saturated carbocycles. The Balaban J connectivity index is 2.48. The van der Waals surface area contributed by atoms with Crippen LogP contribution in [0.2, 0.25) is 0 Å². The Labute approximate surface area is 111 Å². The molecule has 1 saturated heterocycles. The minimum atomic E-state index is 0.0106. The van der Waals surface area contributed by atoms with Gasteiger partial charge in [-0.2, -0.15) is 0 Å². The smallest absolute Gasteiger partial charge is 0.226 e. The molecule has 0 radical (unpaired) electrons. The number of nitrogens with two attached hydrogens (primary N) is 1. The van der Waals surface area contributed by atoms with Gasteiger partial charge in [0.1, 0.15) is 0 Å². The zero-order chi connectivity index (χ0) is 13.5. The summed E-state index contributed by atoms with van der Waals surface area (Å²) in [6, 6.07) is 0.545. The summed E-state index contributed by atoms with van der Waals surface area (Å²) in [6.45, 7) is 7.89. The summed E-state index contributed by atoms with van der Waals surface area (Å²) in [7, 11) is 1.92. The monoisotopic (exact) mass is 255 g/mol. The van der Waals surface area contributed by atoms with Gasteiger partial charge in [0.15, 0.2) is 0 Å². The molecule has 4 heteroatoms. The van der Waals surface area contributed by atoms with Gasteiger partial charge in [0, 0.05) is 26.2 Å². The van der Waals surface area contributed by atoms with Crippen molar-refractivity contribution in [2.24, 2.45) is 11.7 Å². The van der Waals surface area contributed by atoms with E-state index in [0.29, 0.717) is 12.6 Å². The van der Waals surface area contributed by atoms with E-state index >= 15 is 0 Å². The second kappa shape index (κ2) is 7.74. The second-order valence-corrected chi connectivity index (χ2v) is 5.36. The molecule has 2 N–H and O–H groups in total. The van der Waals surface area contributed by atoms with E-state index in [-0.39, 0.29) is 11.8 Å². The highest BCUT2D eigenvalue weighted by atomic mass is 16.2. The lowest BCUT2D eigenvalue weighted by Crippen LogP contribution is -2.44. The molecule has 1 aliphatic heterocycles. The van der Waals surface area contributed by atoms with Crippen molar-refractivity contribution in [3.05, 3.63) is 0 Å². The topological polar surface area (TPSA) is 49.6 Å². The van der Waals surface area contributed by atoms with Crippen molar-refractivity contribution >= 4 is 5.91 Å². The molecule has 2 unspecified atom stereocenters. The Hall–Kier alpha value is -0.610. The predicted octanol–water partition coefficient (Wildman–Crippen LogP) is 1.30. The summed E-state index contributed by atoms with van der Waals surface area (Å²) in [5.41, 5.74) is 5.70. The fourth-order valence-electron chi connectivity index (χ4n) is 2.93. The Bertz CT molecular complexity index is 257. The summed E-state index contributed by atoms with van der Waals surface area (Å²) < 4.78 is 0. The third kappa shape index (κ3) is 3.95. The third-order valence-corrected chi connectivity index (χ3v) is 4.04. The highest BCUT2D eigenvalue weighted by molar-refractivity contribution is 5.78. The molecule has 0 aromatic rings. The van der Waals surface area contributed by atoms with Crippen molar-refractivity contribution in [2.45, 2.75) is 45.6 Å². The second-order valence-electron chi connectivity index (χ2n) is 5.36. The molecule has 1 amide bonds. The molecule has 0 aromatic carbocycles. The number of nitrogens with zero attached hydrogens (tertiary/aromatic N) is 2. The Morgan fingerprint density at radius 1 is 1.50 bits per heavy atom. The minimum absolute atomic E-state index is 0.0106. The van der Waals surface area contributed by atoms with Crippen molar-refractivity contribution in [3.8, 4) is 0 Å². The number of amides is 1. The number of carbonyl (C=O) groups is 1. The molecule has 0 aromatic heterocycles. The van der Waals surface area contributed by atoms with Crippen LogP contribution in [0.5, 0.6) is 0 Å². The molecule has 1 fully saturated rings. The first-order valence-corrected chi connectivity index (χ1v) is 7.33. The van der Waals surface area contributed by atoms with Crippen LogP contribution in [-0.4, -0.2) is 55.0 Å². The number of carbonyl (C=O) groups excluding carboxylic acids is 1. The van der Waals surface area contributed by atoms with Crippen molar-refractivity contribution in [3.63, 3.8) is 0 Å². The molecule has 1 aliphatic rings. The van der Waals surface area contributed by atoms with E-state index in [1.165, 1.54) is 19.4 Å². The zero-order valence-electron chi connectivity index (χ0n) is 12.2. The van der Waals surface area contributed by atoms with Crippen LogP contribution in [0.4, 0.5) is 0 Å². The van der Waals surface area contributed by atoms with E-state index in [0.717, 1.165) is 25.9 Å². The van der Waals surface area contributed by atoms with Gasteiger partial charge >= 0.3 is 0 Å². The molecule has 2 atom stereocenters. The van der Waals surface area contributed by atoms with Gasteiger partial charge in [-0.15, -0.1) is 0 Å². The van der Waals surface area contributed by atoms with Gasteiger partial charge in [-0.25, -0.2) is 0 Å². The molecular weight excluding hydrogens is 226 g/mol. The summed E-state index contributed by atoms with van der Waals surface area (Å²) in [6.07, 6.45) is 4.40. The van der Waals surface area contributed by atoms with Gasteiger partial charge in [0.2, 0.25) is 5.91 Å². The SMILES string of the molecule is CCCC(CN)C(=O)N(C)CC1CCCN1CC. The zero-order valence-corrected chi connectivity index (χ0v) is 12.2. The molecule has 1 heterocycles. The Kier molecular flexibility index (Phi) is 6.65. The lowest BCUT2D eigenvalue weighted by atomic mass is 10.0. The number of likely N-dealkylation sites (tertiary alicyclic amines) is 1. The first kappa shape index (κ1) is 15.4. The summed E-state index contributed by atoms with van der Waals surface area (Å²) >= 11 is 0. The Morgan fingerprint density at radius 3 is 2.78 bits per heavy atom. The summed E-state index contributed by atoms with van der Waals surface area (Å²) in [4.78, 5) is 16.6. The van der Waals surface area contributed by atoms with Gasteiger partial charge < -0.3 is 10.6 Å². The van der Waals surface area contributed by atoms with Gasteiger partial charge in [0.25, 0.3) is 0 Å². The van der Waals surface area contributed by atoms with E-state index in [1.807, 2.05) is 11.9 Å². The number of likely N-dealkylation sites (N-methyl/N-ethyl adjacent to an activating group) is 2. The van der Waals surface area contributed by atoms with Gasteiger partial charge in [-0.05, 0) is 32.4 Å². The highest BCUT2D eigenvalue weighted by Crippen LogP contribution is 2.18. The molecule has 18 heavy (non-hydrogen) atoms. The van der Waals surface area contributed by atoms with E-state index < -0.39 is 0 Å². The number of hydrogen-bond acceptors (Lipinski definition) is 3. The highest BCUT2D eigenvalue weighted by Gasteiger charge is 2.27. The number of hydrogen-bond donors (Lipinski definition) is 1. The average Bonchev–Trinajstić information content (AvgIpc) is 2.82. The quantitative estimate of drug-likeness (QED) is 0.746. The molecule has 4 nitrogen and oxygen atoms in total. The first-order chi connectivity index (χ1) is 8.63. The van der Waals surface area contributed by atoms with Crippen molar-refractivity contribution < 1.29 is 4.79 Å². The minimum Gasteiger partial charge on any atom is -0.344 e. The normalized spacial score (nSPS) is 22.1. The predicted molar refractivity (Wildman–Crippen MR) is 75.4 cm³/mol. The van der Waals surface area contributed by atoms with Crippen LogP contribution < -0.4 is 5.73 Å². The molecular formula is C14H29N3O. The molecule has 0 bridgehead atoms. The maximum Gasteiger partial charge on any atom is 0.226 e. The van der Waals surface area contributed by atoms with Gasteiger partial charge in [-0.3, -0.25) is 9.69 Å². The third-order valence-electron chi connectivity index (χ3n) is 4.04. The van der Waals surface area contributed by atoms with E-state index in [4.69, 9.17) is 5.73 Å². The standard InChI is InChI=1S/C14H29N3O/c1-4-7-12(10-15)14(18)16(3)11-13-8-6-9-17(13)5-2/h12-13H,4-11,15H2,1-3H3. The molecule has 1 rings (SSSR count). The van der Waals surface area contributed by atoms with Gasteiger partial charge in [-0.1, -0.05) is 20.3 Å². The van der Waals surface area contributed by atoms with E-state index in [1.54, 1.807) is 0 Å². The van der Waals surface area contributed by atoms with Gasteiger partial charge in [0.05, 0.1) is 5.92 Å². The molecule has 106 valence electrons. The fourth-order valence-corrected chi connectivity index (χ4v) is 2.93. The van der Waals surface area contributed by atoms with Crippen LogP contribution in [0.15, 0.2) is 0 Å². The average molecular weight is 255 g/mol. The Morgan fingerprint density at radius 2 is 2.22 bits per heavy atom. The van der Waals surface area contributed by atoms with Crippen LogP contribution in [0.3, 0.4) is 0 Å². The summed E-state index contributed by atoms with van der Waals surface area (Å²) in [5, 5.41) is 0. The van der Waals surface area contributed by atoms with Crippen molar-refractivity contribution in [1.29, 1.82) is 0 Å². The molecule has 0 spiro atoms. The maximum atomic E-state index is 12.3. The van der Waals surface area contributed by atoms with E-state index in [9.17, 15) is 4.79 Å². The van der Waals surface area contributed by atoms with Crippen molar-refractivity contribution in [1.82, 2.24) is 9.80 Å². The lowest BCUT2D eigenvalue weighted by Gasteiger charge is -2.29. The van der Waals surface area contributed by atoms with Crippen LogP contribution in [-0.2, 0) is 4.79 Å². The van der Waals surface area contributed by atoms with Crippen LogP contribution in [0.25, 0.3) is 0 Å². The van der Waals surface area contributed by atoms with E-state index in [2.05, 4.69) is 18.7 Å². The summed E-state index contributed by atoms with van der Waals surface area (Å²) in [5.74, 6) is 0.235. The largest absolute Gasteiger partial charge is 0.344 e. The van der Waals surface area contributed by atoms with Crippen LogP contribution in [0, 0.1) is 5.92 Å². The van der Waals surface area contributed by atoms with Crippen LogP contribution in [0.1, 0.15) is 39.5 Å². The molecule has 0 aliphatic carbocycles. The van der Waals surface area contributed by atoms with Crippen LogP contribution >= 0.6 is 0 Å². The van der Waals surface area contributed by atoms with Crippen molar-refractivity contribution in [2.75, 3.05) is 33.2 Å². The maximum absolute atomic E-state index is 12.3. The lowest BCUT2D eigenvalue weighted by molar-refractivity contribution is -0.134.